The van der Waals surface area contributed by atoms with Crippen molar-refractivity contribution in [2.24, 2.45) is 0 Å². The number of hydrogen-bond acceptors (Lipinski definition) is 3. The molecular formula is C45H48N6. The van der Waals surface area contributed by atoms with E-state index in [4.69, 9.17) is 0 Å². The van der Waals surface area contributed by atoms with Gasteiger partial charge in [-0.25, -0.2) is 0 Å². The predicted molar refractivity (Wildman–Crippen MR) is 217 cm³/mol. The van der Waals surface area contributed by atoms with Crippen LogP contribution in [0.5, 0.6) is 0 Å². The summed E-state index contributed by atoms with van der Waals surface area (Å²) in [7, 11) is 0. The van der Waals surface area contributed by atoms with Crippen molar-refractivity contribution in [1.29, 1.82) is 0 Å². The summed E-state index contributed by atoms with van der Waals surface area (Å²) < 4.78 is 7.22. The van der Waals surface area contributed by atoms with E-state index in [9.17, 15) is 0 Å². The minimum atomic E-state index is 0.501. The zero-order valence-electron chi connectivity index (χ0n) is 30.7. The average Bonchev–Trinajstić information content (AvgIpc) is 3.84. The van der Waals surface area contributed by atoms with E-state index < -0.39 is 0 Å². The van der Waals surface area contributed by atoms with Crippen molar-refractivity contribution in [1.82, 2.24) is 28.7 Å². The van der Waals surface area contributed by atoms with Crippen molar-refractivity contribution in [3.8, 4) is 0 Å². The second kappa shape index (κ2) is 14.8. The Balaban J connectivity index is 0.000000119. The maximum Gasteiger partial charge on any atom is 0.0959 e. The van der Waals surface area contributed by atoms with Gasteiger partial charge in [-0.1, -0.05) is 75.4 Å². The zero-order chi connectivity index (χ0) is 35.5. The van der Waals surface area contributed by atoms with Gasteiger partial charge in [0.05, 0.1) is 33.8 Å². The first-order chi connectivity index (χ1) is 25.0. The van der Waals surface area contributed by atoms with Crippen LogP contribution < -0.4 is 0 Å². The lowest BCUT2D eigenvalue weighted by Gasteiger charge is -2.14. The minimum absolute atomic E-state index is 0.501. The first kappa shape index (κ1) is 34.0. The van der Waals surface area contributed by atoms with Crippen LogP contribution in [0.15, 0.2) is 128 Å². The molecule has 3 aromatic carbocycles. The van der Waals surface area contributed by atoms with E-state index >= 15 is 0 Å². The number of aromatic nitrogens is 6. The quantitative estimate of drug-likeness (QED) is 0.177. The van der Waals surface area contributed by atoms with Crippen LogP contribution >= 0.6 is 0 Å². The molecule has 3 atom stereocenters. The summed E-state index contributed by atoms with van der Waals surface area (Å²) in [6, 6.07) is 35.6. The van der Waals surface area contributed by atoms with Gasteiger partial charge in [0.15, 0.2) is 0 Å². The Kier molecular flexibility index (Phi) is 9.85. The lowest BCUT2D eigenvalue weighted by Crippen LogP contribution is -2.03. The maximum atomic E-state index is 4.53. The van der Waals surface area contributed by atoms with E-state index in [1.165, 1.54) is 60.0 Å². The Morgan fingerprint density at radius 3 is 1.47 bits per heavy atom. The normalized spacial score (nSPS) is 13.3. The Hall–Kier alpha value is -5.49. The maximum absolute atomic E-state index is 4.53. The monoisotopic (exact) mass is 672 g/mol. The molecule has 0 aliphatic carbocycles. The number of benzene rings is 3. The molecule has 0 N–H and O–H groups in total. The summed E-state index contributed by atoms with van der Waals surface area (Å²) in [5.74, 6) is 0. The van der Waals surface area contributed by atoms with Gasteiger partial charge in [-0.3, -0.25) is 15.0 Å². The molecule has 6 heteroatoms. The lowest BCUT2D eigenvalue weighted by molar-refractivity contribution is 0.562. The third kappa shape index (κ3) is 6.13. The Morgan fingerprint density at radius 2 is 0.843 bits per heavy atom. The van der Waals surface area contributed by atoms with Crippen LogP contribution in [0, 0.1) is 0 Å². The molecule has 0 saturated heterocycles. The summed E-state index contributed by atoms with van der Waals surface area (Å²) >= 11 is 0. The number of para-hydroxylation sites is 3. The molecule has 0 radical (unpaired) electrons. The molecule has 258 valence electrons. The van der Waals surface area contributed by atoms with Crippen LogP contribution in [0.3, 0.4) is 0 Å². The Morgan fingerprint density at radius 1 is 0.412 bits per heavy atom. The van der Waals surface area contributed by atoms with Gasteiger partial charge in [-0.2, -0.15) is 0 Å². The topological polar surface area (TPSA) is 53.5 Å². The molecule has 6 aromatic heterocycles. The number of nitrogens with zero attached hydrogens (tertiary/aromatic N) is 6. The van der Waals surface area contributed by atoms with Crippen LogP contribution in [0.2, 0.25) is 0 Å². The van der Waals surface area contributed by atoms with Gasteiger partial charge in [0.2, 0.25) is 0 Å². The first-order valence-corrected chi connectivity index (χ1v) is 18.5. The fraction of sp³-hybridized carbons (Fsp3) is 0.267. The molecule has 6 heterocycles. The van der Waals surface area contributed by atoms with E-state index in [0.29, 0.717) is 18.1 Å². The fourth-order valence-electron chi connectivity index (χ4n) is 7.48. The molecule has 51 heavy (non-hydrogen) atoms. The van der Waals surface area contributed by atoms with Crippen molar-refractivity contribution >= 4 is 65.5 Å². The number of fused-ring (bicyclic) bond motifs is 9. The van der Waals surface area contributed by atoms with E-state index in [1.807, 2.05) is 37.1 Å². The second-order valence-electron chi connectivity index (χ2n) is 13.6. The molecule has 9 aromatic rings. The molecule has 9 rings (SSSR count). The van der Waals surface area contributed by atoms with Crippen LogP contribution in [-0.2, 0) is 0 Å². The number of rotatable bonds is 6. The third-order valence-electron chi connectivity index (χ3n) is 10.6. The molecule has 0 aliphatic heterocycles. The highest BCUT2D eigenvalue weighted by atomic mass is 15.0. The van der Waals surface area contributed by atoms with Gasteiger partial charge >= 0.3 is 0 Å². The number of pyridine rings is 3. The molecule has 6 nitrogen and oxygen atoms in total. The summed E-state index contributed by atoms with van der Waals surface area (Å²) in [5.41, 5.74) is 8.79. The SMILES string of the molecule is CCC(C)n1c2ccccc2c2ccncc21.CCC(C)n1c2ccccc2c2cnccc21.CCC(C)n1c2ccccc2c2ncccc21. The molecule has 3 unspecified atom stereocenters. The van der Waals surface area contributed by atoms with Crippen molar-refractivity contribution in [3.63, 3.8) is 0 Å². The molecule has 0 saturated carbocycles. The fourth-order valence-corrected chi connectivity index (χ4v) is 7.48. The highest BCUT2D eigenvalue weighted by Gasteiger charge is 2.16. The summed E-state index contributed by atoms with van der Waals surface area (Å²) in [6.45, 7) is 13.5. The van der Waals surface area contributed by atoms with Crippen molar-refractivity contribution in [2.75, 3.05) is 0 Å². The van der Waals surface area contributed by atoms with Crippen molar-refractivity contribution in [3.05, 3.63) is 128 Å². The van der Waals surface area contributed by atoms with Gasteiger partial charge < -0.3 is 13.7 Å². The Bertz CT molecular complexity index is 2130. The Labute approximate surface area is 300 Å². The second-order valence-corrected chi connectivity index (χ2v) is 13.6. The third-order valence-corrected chi connectivity index (χ3v) is 10.6. The lowest BCUT2D eigenvalue weighted by atomic mass is 10.2. The standard InChI is InChI=1S/3C15H16N2/c1-3-11(2)17-13-8-5-4-7-12(13)15-14(17)9-6-10-16-15;1-3-11(2)17-14-7-5-4-6-12(14)13-10-16-9-8-15(13)17;1-3-11(2)17-14-7-5-4-6-12(14)13-8-9-16-10-15(13)17/h3*4-11H,3H2,1-2H3. The zero-order valence-corrected chi connectivity index (χ0v) is 30.7. The van der Waals surface area contributed by atoms with Crippen LogP contribution in [0.1, 0.15) is 78.9 Å². The van der Waals surface area contributed by atoms with Gasteiger partial charge in [0.25, 0.3) is 0 Å². The molecule has 0 bridgehead atoms. The predicted octanol–water partition coefficient (Wildman–Crippen LogP) is 12.5. The summed E-state index contributed by atoms with van der Waals surface area (Å²) in [6.07, 6.45) is 12.9. The largest absolute Gasteiger partial charge is 0.338 e. The summed E-state index contributed by atoms with van der Waals surface area (Å²) in [5, 5.41) is 6.43. The summed E-state index contributed by atoms with van der Waals surface area (Å²) in [4.78, 5) is 13.0. The van der Waals surface area contributed by atoms with E-state index in [-0.39, 0.29) is 0 Å². The average molecular weight is 673 g/mol. The first-order valence-electron chi connectivity index (χ1n) is 18.5. The minimum Gasteiger partial charge on any atom is -0.338 e. The van der Waals surface area contributed by atoms with E-state index in [2.05, 4.69) is 161 Å². The molecule has 0 spiro atoms. The van der Waals surface area contributed by atoms with Crippen molar-refractivity contribution < 1.29 is 0 Å². The van der Waals surface area contributed by atoms with Gasteiger partial charge in [-0.15, -0.1) is 0 Å². The van der Waals surface area contributed by atoms with E-state index in [0.717, 1.165) is 24.8 Å². The van der Waals surface area contributed by atoms with Crippen LogP contribution in [-0.4, -0.2) is 28.7 Å². The van der Waals surface area contributed by atoms with Gasteiger partial charge in [0.1, 0.15) is 0 Å². The smallest absolute Gasteiger partial charge is 0.0959 e. The molecule has 0 amide bonds. The van der Waals surface area contributed by atoms with Gasteiger partial charge in [-0.05, 0) is 82.5 Å². The highest BCUT2D eigenvalue weighted by molar-refractivity contribution is 6.09. The van der Waals surface area contributed by atoms with Crippen molar-refractivity contribution in [2.45, 2.75) is 78.9 Å². The van der Waals surface area contributed by atoms with Crippen LogP contribution in [0.25, 0.3) is 65.5 Å². The molecular weight excluding hydrogens is 625 g/mol. The number of hydrogen-bond donors (Lipinski definition) is 0. The highest BCUT2D eigenvalue weighted by Crippen LogP contribution is 2.34. The molecule has 0 fully saturated rings. The molecule has 0 aliphatic rings. The van der Waals surface area contributed by atoms with Gasteiger partial charge in [0, 0.05) is 80.9 Å². The van der Waals surface area contributed by atoms with E-state index in [1.54, 1.807) is 0 Å². The van der Waals surface area contributed by atoms with Crippen LogP contribution in [0.4, 0.5) is 0 Å².